The highest BCUT2D eigenvalue weighted by molar-refractivity contribution is 5.45. The molecule has 1 aromatic rings. The van der Waals surface area contributed by atoms with Gasteiger partial charge in [0.05, 0.1) is 6.20 Å². The fourth-order valence-electron chi connectivity index (χ4n) is 1.19. The van der Waals surface area contributed by atoms with E-state index in [4.69, 9.17) is 5.73 Å². The highest BCUT2D eigenvalue weighted by Gasteiger charge is 2.22. The van der Waals surface area contributed by atoms with Crippen LogP contribution in [0.5, 0.6) is 0 Å². The van der Waals surface area contributed by atoms with Crippen LogP contribution in [0.2, 0.25) is 0 Å². The minimum atomic E-state index is -0.332. The van der Waals surface area contributed by atoms with Crippen molar-refractivity contribution in [1.29, 1.82) is 0 Å². The zero-order valence-electron chi connectivity index (χ0n) is 7.26. The van der Waals surface area contributed by atoms with Crippen LogP contribution in [-0.2, 0) is 6.54 Å². The lowest BCUT2D eigenvalue weighted by atomic mass is 10.2. The van der Waals surface area contributed by atoms with Crippen LogP contribution in [0.15, 0.2) is 12.3 Å². The number of nitrogens with zero attached hydrogens (tertiary/aromatic N) is 1. The van der Waals surface area contributed by atoms with Crippen LogP contribution in [-0.4, -0.2) is 11.0 Å². The van der Waals surface area contributed by atoms with E-state index in [0.29, 0.717) is 12.6 Å². The lowest BCUT2D eigenvalue weighted by Gasteiger charge is -2.07. The summed E-state index contributed by atoms with van der Waals surface area (Å²) in [6, 6.07) is 1.95. The van der Waals surface area contributed by atoms with E-state index in [-0.39, 0.29) is 5.82 Å². The van der Waals surface area contributed by atoms with Gasteiger partial charge in [0.1, 0.15) is 11.6 Å². The molecule has 0 aromatic carbocycles. The van der Waals surface area contributed by atoms with E-state index in [1.54, 1.807) is 0 Å². The van der Waals surface area contributed by atoms with Crippen molar-refractivity contribution in [1.82, 2.24) is 4.98 Å². The Kier molecular flexibility index (Phi) is 2.14. The fourth-order valence-corrected chi connectivity index (χ4v) is 1.19. The molecule has 3 N–H and O–H groups in total. The molecule has 2 rings (SSSR count). The lowest BCUT2D eigenvalue weighted by molar-refractivity contribution is 0.619. The maximum atomic E-state index is 12.7. The molecule has 0 amide bonds. The van der Waals surface area contributed by atoms with Gasteiger partial charge in [0, 0.05) is 18.2 Å². The third-order valence-corrected chi connectivity index (χ3v) is 2.07. The molecular weight excluding hydrogens is 169 g/mol. The monoisotopic (exact) mass is 181 g/mol. The minimum Gasteiger partial charge on any atom is -0.367 e. The number of hydrogen-bond donors (Lipinski definition) is 2. The number of halogens is 1. The van der Waals surface area contributed by atoms with Gasteiger partial charge >= 0.3 is 0 Å². The molecule has 70 valence electrons. The molecule has 0 atom stereocenters. The predicted molar refractivity (Wildman–Crippen MR) is 48.7 cm³/mol. The second-order valence-corrected chi connectivity index (χ2v) is 3.28. The predicted octanol–water partition coefficient (Wildman–Crippen LogP) is 1.25. The molecule has 0 spiro atoms. The first-order valence-electron chi connectivity index (χ1n) is 4.40. The summed E-state index contributed by atoms with van der Waals surface area (Å²) in [5.41, 5.74) is 6.21. The molecule has 0 saturated heterocycles. The first kappa shape index (κ1) is 8.44. The summed E-state index contributed by atoms with van der Waals surface area (Å²) in [6.45, 7) is 0.319. The fraction of sp³-hybridized carbons (Fsp3) is 0.444. The van der Waals surface area contributed by atoms with E-state index in [9.17, 15) is 4.39 Å². The molecule has 1 heterocycles. The highest BCUT2D eigenvalue weighted by atomic mass is 19.1. The van der Waals surface area contributed by atoms with Crippen molar-refractivity contribution in [2.24, 2.45) is 5.73 Å². The Morgan fingerprint density at radius 3 is 3.00 bits per heavy atom. The molecule has 1 aliphatic rings. The quantitative estimate of drug-likeness (QED) is 0.738. The van der Waals surface area contributed by atoms with Crippen molar-refractivity contribution >= 4 is 5.82 Å². The Hall–Kier alpha value is -1.16. The molecule has 0 unspecified atom stereocenters. The lowest BCUT2D eigenvalue weighted by Crippen LogP contribution is -2.09. The van der Waals surface area contributed by atoms with Crippen molar-refractivity contribution in [2.45, 2.75) is 25.4 Å². The average Bonchev–Trinajstić information content (AvgIpc) is 2.92. The second-order valence-electron chi connectivity index (χ2n) is 3.28. The van der Waals surface area contributed by atoms with E-state index < -0.39 is 0 Å². The van der Waals surface area contributed by atoms with E-state index in [0.717, 1.165) is 11.4 Å². The van der Waals surface area contributed by atoms with Crippen molar-refractivity contribution in [2.75, 3.05) is 5.32 Å². The summed E-state index contributed by atoms with van der Waals surface area (Å²) in [7, 11) is 0. The summed E-state index contributed by atoms with van der Waals surface area (Å²) in [5.74, 6) is 0.396. The van der Waals surface area contributed by atoms with E-state index in [1.165, 1.54) is 25.1 Å². The zero-order valence-corrected chi connectivity index (χ0v) is 7.26. The maximum absolute atomic E-state index is 12.7. The summed E-state index contributed by atoms with van der Waals surface area (Å²) in [5, 5.41) is 3.20. The van der Waals surface area contributed by atoms with Crippen molar-refractivity contribution in [3.05, 3.63) is 23.6 Å². The largest absolute Gasteiger partial charge is 0.367 e. The highest BCUT2D eigenvalue weighted by Crippen LogP contribution is 2.25. The molecule has 1 saturated carbocycles. The van der Waals surface area contributed by atoms with Crippen LogP contribution in [0, 0.1) is 5.82 Å². The third-order valence-electron chi connectivity index (χ3n) is 2.07. The number of nitrogens with two attached hydrogens (primary N) is 1. The molecular formula is C9H12FN3. The molecule has 3 nitrogen and oxygen atoms in total. The van der Waals surface area contributed by atoms with Crippen LogP contribution >= 0.6 is 0 Å². The van der Waals surface area contributed by atoms with Gasteiger partial charge in [0.2, 0.25) is 0 Å². The van der Waals surface area contributed by atoms with Gasteiger partial charge in [-0.2, -0.15) is 0 Å². The van der Waals surface area contributed by atoms with Gasteiger partial charge in [-0.05, 0) is 18.9 Å². The molecule has 13 heavy (non-hydrogen) atoms. The smallest absolute Gasteiger partial charge is 0.141 e. The summed E-state index contributed by atoms with van der Waals surface area (Å²) < 4.78 is 12.7. The van der Waals surface area contributed by atoms with Crippen molar-refractivity contribution in [3.63, 3.8) is 0 Å². The van der Waals surface area contributed by atoms with E-state index >= 15 is 0 Å². The number of anilines is 1. The van der Waals surface area contributed by atoms with Crippen LogP contribution < -0.4 is 11.1 Å². The SMILES string of the molecule is NCc1cc(F)cnc1NC1CC1. The number of aromatic nitrogens is 1. The van der Waals surface area contributed by atoms with E-state index in [2.05, 4.69) is 10.3 Å². The normalized spacial score (nSPS) is 15.8. The summed E-state index contributed by atoms with van der Waals surface area (Å²) >= 11 is 0. The van der Waals surface area contributed by atoms with Crippen LogP contribution in [0.25, 0.3) is 0 Å². The molecule has 0 aliphatic heterocycles. The summed E-state index contributed by atoms with van der Waals surface area (Å²) in [4.78, 5) is 3.96. The maximum Gasteiger partial charge on any atom is 0.141 e. The topological polar surface area (TPSA) is 50.9 Å². The first-order valence-corrected chi connectivity index (χ1v) is 4.40. The van der Waals surface area contributed by atoms with Gasteiger partial charge in [-0.25, -0.2) is 9.37 Å². The number of rotatable bonds is 3. The third kappa shape index (κ3) is 1.95. The standard InChI is InChI=1S/C9H12FN3/c10-7-3-6(4-11)9(12-5-7)13-8-1-2-8/h3,5,8H,1-2,4,11H2,(H,12,13). The Morgan fingerprint density at radius 1 is 1.62 bits per heavy atom. The Morgan fingerprint density at radius 2 is 2.38 bits per heavy atom. The summed E-state index contributed by atoms with van der Waals surface area (Å²) in [6.07, 6.45) is 3.55. The number of pyridine rings is 1. The second kappa shape index (κ2) is 3.30. The van der Waals surface area contributed by atoms with Gasteiger partial charge in [-0.15, -0.1) is 0 Å². The Labute approximate surface area is 76.2 Å². The molecule has 1 aliphatic carbocycles. The van der Waals surface area contributed by atoms with Gasteiger partial charge < -0.3 is 11.1 Å². The van der Waals surface area contributed by atoms with Gasteiger partial charge in [-0.1, -0.05) is 0 Å². The van der Waals surface area contributed by atoms with Crippen LogP contribution in [0.1, 0.15) is 18.4 Å². The van der Waals surface area contributed by atoms with Crippen molar-refractivity contribution < 1.29 is 4.39 Å². The number of nitrogens with one attached hydrogen (secondary N) is 1. The van der Waals surface area contributed by atoms with Crippen molar-refractivity contribution in [3.8, 4) is 0 Å². The van der Waals surface area contributed by atoms with Gasteiger partial charge in [0.15, 0.2) is 0 Å². The molecule has 1 aromatic heterocycles. The minimum absolute atomic E-state index is 0.319. The molecule has 0 bridgehead atoms. The molecule has 4 heteroatoms. The van der Waals surface area contributed by atoms with Gasteiger partial charge in [0.25, 0.3) is 0 Å². The van der Waals surface area contributed by atoms with E-state index in [1.807, 2.05) is 0 Å². The zero-order chi connectivity index (χ0) is 9.26. The molecule has 0 radical (unpaired) electrons. The average molecular weight is 181 g/mol. The van der Waals surface area contributed by atoms with Gasteiger partial charge in [-0.3, -0.25) is 0 Å². The molecule has 1 fully saturated rings. The first-order chi connectivity index (χ1) is 6.29. The van der Waals surface area contributed by atoms with Crippen LogP contribution in [0.3, 0.4) is 0 Å². The van der Waals surface area contributed by atoms with Crippen LogP contribution in [0.4, 0.5) is 10.2 Å². The Bertz CT molecular complexity index is 310. The number of hydrogen-bond acceptors (Lipinski definition) is 3. The Balaban J connectivity index is 2.21.